The maximum absolute atomic E-state index is 13.0. The smallest absolute Gasteiger partial charge is 0.311 e. The second-order valence-corrected chi connectivity index (χ2v) is 8.04. The van der Waals surface area contributed by atoms with Crippen molar-refractivity contribution in [3.63, 3.8) is 0 Å². The SMILES string of the molecule is CC(C)C[C@@H](C(=O)O)C(CN1C(=O)c2ccccc2C1=O)C(=O)OCc1ccccc1. The number of carboxylic acid groups (broad SMARTS) is 1. The van der Waals surface area contributed by atoms with Crippen molar-refractivity contribution in [2.24, 2.45) is 17.8 Å². The van der Waals surface area contributed by atoms with Crippen molar-refractivity contribution in [1.82, 2.24) is 4.90 Å². The number of amides is 2. The fourth-order valence-corrected chi connectivity index (χ4v) is 3.75. The van der Waals surface area contributed by atoms with Gasteiger partial charge in [-0.3, -0.25) is 24.1 Å². The van der Waals surface area contributed by atoms with Gasteiger partial charge in [0.25, 0.3) is 11.8 Å². The second-order valence-electron chi connectivity index (χ2n) is 8.04. The van der Waals surface area contributed by atoms with E-state index >= 15 is 0 Å². The van der Waals surface area contributed by atoms with Gasteiger partial charge in [0.2, 0.25) is 0 Å². The molecule has 1 aliphatic heterocycles. The number of nitrogens with zero attached hydrogens (tertiary/aromatic N) is 1. The molecule has 2 aromatic carbocycles. The molecular formula is C24H25NO6. The third-order valence-electron chi connectivity index (χ3n) is 5.31. The van der Waals surface area contributed by atoms with Crippen LogP contribution in [0.2, 0.25) is 0 Å². The predicted molar refractivity (Wildman–Crippen MR) is 112 cm³/mol. The Kier molecular flexibility index (Phi) is 6.84. The molecule has 7 nitrogen and oxygen atoms in total. The molecule has 0 spiro atoms. The number of esters is 1. The summed E-state index contributed by atoms with van der Waals surface area (Å²) in [7, 11) is 0. The van der Waals surface area contributed by atoms with E-state index in [-0.39, 0.29) is 36.6 Å². The first-order valence-corrected chi connectivity index (χ1v) is 10.2. The number of aliphatic carboxylic acids is 1. The van der Waals surface area contributed by atoms with E-state index in [0.717, 1.165) is 10.5 Å². The summed E-state index contributed by atoms with van der Waals surface area (Å²) in [6, 6.07) is 15.4. The molecule has 1 heterocycles. The third-order valence-corrected chi connectivity index (χ3v) is 5.31. The lowest BCUT2D eigenvalue weighted by molar-refractivity contribution is -0.159. The lowest BCUT2D eigenvalue weighted by Gasteiger charge is -2.27. The highest BCUT2D eigenvalue weighted by Crippen LogP contribution is 2.29. The Morgan fingerprint density at radius 2 is 1.45 bits per heavy atom. The van der Waals surface area contributed by atoms with E-state index in [9.17, 15) is 24.3 Å². The van der Waals surface area contributed by atoms with Gasteiger partial charge < -0.3 is 9.84 Å². The summed E-state index contributed by atoms with van der Waals surface area (Å²) in [5.41, 5.74) is 1.25. The second kappa shape index (κ2) is 9.55. The zero-order valence-electron chi connectivity index (χ0n) is 17.5. The maximum Gasteiger partial charge on any atom is 0.311 e. The summed E-state index contributed by atoms with van der Waals surface area (Å²) in [6.45, 7) is 3.34. The molecule has 2 atom stereocenters. The molecule has 3 rings (SSSR count). The van der Waals surface area contributed by atoms with Crippen molar-refractivity contribution < 1.29 is 29.0 Å². The number of carboxylic acids is 1. The van der Waals surface area contributed by atoms with Gasteiger partial charge in [-0.15, -0.1) is 0 Å². The summed E-state index contributed by atoms with van der Waals surface area (Å²) in [6.07, 6.45) is 0.212. The van der Waals surface area contributed by atoms with E-state index in [0.29, 0.717) is 0 Å². The number of hydrogen-bond donors (Lipinski definition) is 1. The van der Waals surface area contributed by atoms with Gasteiger partial charge in [-0.2, -0.15) is 0 Å². The molecule has 0 aromatic heterocycles. The number of imide groups is 1. The number of hydrogen-bond acceptors (Lipinski definition) is 5. The molecule has 0 aliphatic carbocycles. The maximum atomic E-state index is 13.0. The topological polar surface area (TPSA) is 101 Å². The van der Waals surface area contributed by atoms with Gasteiger partial charge in [0.05, 0.1) is 23.0 Å². The minimum absolute atomic E-state index is 0.00676. The minimum atomic E-state index is -1.18. The highest BCUT2D eigenvalue weighted by Gasteiger charge is 2.42. The van der Waals surface area contributed by atoms with Crippen LogP contribution in [0, 0.1) is 17.8 Å². The fourth-order valence-electron chi connectivity index (χ4n) is 3.75. The average Bonchev–Trinajstić information content (AvgIpc) is 2.99. The Morgan fingerprint density at radius 3 is 1.97 bits per heavy atom. The predicted octanol–water partition coefficient (Wildman–Crippen LogP) is 3.39. The number of rotatable bonds is 9. The Labute approximate surface area is 180 Å². The van der Waals surface area contributed by atoms with Crippen LogP contribution < -0.4 is 0 Å². The molecule has 2 amide bonds. The zero-order chi connectivity index (χ0) is 22.5. The van der Waals surface area contributed by atoms with Crippen LogP contribution in [0.4, 0.5) is 0 Å². The minimum Gasteiger partial charge on any atom is -0.481 e. The average molecular weight is 423 g/mol. The van der Waals surface area contributed by atoms with Gasteiger partial charge in [-0.05, 0) is 30.0 Å². The number of fused-ring (bicyclic) bond motifs is 1. The van der Waals surface area contributed by atoms with Gasteiger partial charge in [0.1, 0.15) is 6.61 Å². The number of ether oxygens (including phenoxy) is 1. The molecular weight excluding hydrogens is 398 g/mol. The van der Waals surface area contributed by atoms with E-state index in [4.69, 9.17) is 4.74 Å². The van der Waals surface area contributed by atoms with Crippen molar-refractivity contribution in [1.29, 1.82) is 0 Å². The number of carbonyl (C=O) groups excluding carboxylic acids is 3. The van der Waals surface area contributed by atoms with Gasteiger partial charge >= 0.3 is 11.9 Å². The van der Waals surface area contributed by atoms with Crippen molar-refractivity contribution in [2.75, 3.05) is 6.54 Å². The Hall–Kier alpha value is -3.48. The molecule has 0 bridgehead atoms. The zero-order valence-corrected chi connectivity index (χ0v) is 17.5. The summed E-state index contributed by atoms with van der Waals surface area (Å²) < 4.78 is 5.41. The number of benzene rings is 2. The summed E-state index contributed by atoms with van der Waals surface area (Å²) in [5.74, 6) is -5.24. The van der Waals surface area contributed by atoms with Crippen LogP contribution in [0.25, 0.3) is 0 Å². The van der Waals surface area contributed by atoms with Crippen molar-refractivity contribution >= 4 is 23.8 Å². The van der Waals surface area contributed by atoms with E-state index in [1.54, 1.807) is 48.5 Å². The van der Waals surface area contributed by atoms with Crippen LogP contribution in [0.15, 0.2) is 54.6 Å². The first-order valence-electron chi connectivity index (χ1n) is 10.2. The highest BCUT2D eigenvalue weighted by molar-refractivity contribution is 6.21. The van der Waals surface area contributed by atoms with Gasteiger partial charge in [0, 0.05) is 6.54 Å². The van der Waals surface area contributed by atoms with Gasteiger partial charge in [-0.25, -0.2) is 0 Å². The van der Waals surface area contributed by atoms with Crippen LogP contribution in [-0.2, 0) is 20.9 Å². The van der Waals surface area contributed by atoms with Crippen LogP contribution in [0.1, 0.15) is 46.5 Å². The molecule has 0 saturated heterocycles. The van der Waals surface area contributed by atoms with Crippen molar-refractivity contribution in [3.8, 4) is 0 Å². The lowest BCUT2D eigenvalue weighted by Crippen LogP contribution is -2.43. The van der Waals surface area contributed by atoms with Crippen LogP contribution in [0.3, 0.4) is 0 Å². The van der Waals surface area contributed by atoms with Crippen LogP contribution >= 0.6 is 0 Å². The molecule has 2 aromatic rings. The van der Waals surface area contributed by atoms with E-state index in [1.807, 2.05) is 19.9 Å². The van der Waals surface area contributed by atoms with E-state index in [2.05, 4.69) is 0 Å². The van der Waals surface area contributed by atoms with E-state index in [1.165, 1.54) is 0 Å². The molecule has 1 aliphatic rings. The summed E-state index contributed by atoms with van der Waals surface area (Å²) in [4.78, 5) is 51.5. The number of carbonyl (C=O) groups is 4. The first kappa shape index (κ1) is 22.2. The normalized spacial score (nSPS) is 15.0. The van der Waals surface area contributed by atoms with Crippen molar-refractivity contribution in [3.05, 3.63) is 71.3 Å². The Bertz CT molecular complexity index is 950. The molecule has 0 radical (unpaired) electrons. The van der Waals surface area contributed by atoms with Crippen LogP contribution in [0.5, 0.6) is 0 Å². The monoisotopic (exact) mass is 423 g/mol. The van der Waals surface area contributed by atoms with E-state index < -0.39 is 35.6 Å². The van der Waals surface area contributed by atoms with Gasteiger partial charge in [-0.1, -0.05) is 56.3 Å². The molecule has 0 saturated carbocycles. The molecule has 1 N–H and O–H groups in total. The summed E-state index contributed by atoms with van der Waals surface area (Å²) >= 11 is 0. The largest absolute Gasteiger partial charge is 0.481 e. The van der Waals surface area contributed by atoms with Crippen LogP contribution in [-0.4, -0.2) is 40.3 Å². The Balaban J connectivity index is 1.85. The summed E-state index contributed by atoms with van der Waals surface area (Å²) in [5, 5.41) is 9.81. The fraction of sp³-hybridized carbons (Fsp3) is 0.333. The molecule has 0 fully saturated rings. The van der Waals surface area contributed by atoms with Gasteiger partial charge in [0.15, 0.2) is 0 Å². The standard InChI is InChI=1S/C24H25NO6/c1-15(2)12-19(23(28)29)20(24(30)31-14-16-8-4-3-5-9-16)13-25-21(26)17-10-6-7-11-18(17)22(25)27/h3-11,15,19-20H,12-14H2,1-2H3,(H,28,29)/t19-,20?/m1/s1. The molecule has 1 unspecified atom stereocenters. The quantitative estimate of drug-likeness (QED) is 0.490. The first-order chi connectivity index (χ1) is 14.8. The third kappa shape index (κ3) is 4.99. The molecule has 31 heavy (non-hydrogen) atoms. The van der Waals surface area contributed by atoms with Crippen molar-refractivity contribution in [2.45, 2.75) is 26.9 Å². The lowest BCUT2D eigenvalue weighted by atomic mass is 9.85. The Morgan fingerprint density at radius 1 is 0.903 bits per heavy atom. The molecule has 162 valence electrons. The highest BCUT2D eigenvalue weighted by atomic mass is 16.5. The molecule has 7 heteroatoms.